The minimum absolute atomic E-state index is 0.144. The van der Waals surface area contributed by atoms with E-state index < -0.39 is 17.2 Å². The first kappa shape index (κ1) is 20.8. The fourth-order valence-electron chi connectivity index (χ4n) is 3.06. The zero-order chi connectivity index (χ0) is 21.0. The first-order valence-electron chi connectivity index (χ1n) is 9.47. The van der Waals surface area contributed by atoms with Gasteiger partial charge in [-0.25, -0.2) is 19.6 Å². The van der Waals surface area contributed by atoms with Gasteiger partial charge >= 0.3 is 11.7 Å². The monoisotopic (exact) mass is 419 g/mol. The number of nitrogens with one attached hydrogen (secondary N) is 1. The lowest BCUT2D eigenvalue weighted by Crippen LogP contribution is -2.31. The minimum atomic E-state index is -0.582. The molecule has 0 atom stereocenters. The molecule has 154 valence electrons. The molecule has 0 unspecified atom stereocenters. The van der Waals surface area contributed by atoms with Crippen LogP contribution in [0.25, 0.3) is 11.2 Å². The maximum absolute atomic E-state index is 12.5. The highest BCUT2D eigenvalue weighted by molar-refractivity contribution is 6.29. The third-order valence-electron chi connectivity index (χ3n) is 4.44. The molecule has 3 heterocycles. The number of carbonyl (C=O) groups excluding carboxylic acids is 1. The van der Waals surface area contributed by atoms with Crippen LogP contribution in [0.5, 0.6) is 0 Å². The van der Waals surface area contributed by atoms with Gasteiger partial charge in [0.05, 0.1) is 5.56 Å². The van der Waals surface area contributed by atoms with E-state index in [1.807, 2.05) is 13.8 Å². The summed E-state index contributed by atoms with van der Waals surface area (Å²) in [5, 5.41) is 0.184. The SMILES string of the molecule is CCCCn1c(=O)[nH]c(=O)c2c1nc(COC(=O)c1ccnc(Cl)c1)n2CCC. The number of hydrogen-bond acceptors (Lipinski definition) is 6. The van der Waals surface area contributed by atoms with Crippen molar-refractivity contribution in [2.24, 2.45) is 0 Å². The Morgan fingerprint density at radius 3 is 2.69 bits per heavy atom. The molecular weight excluding hydrogens is 398 g/mol. The third-order valence-corrected chi connectivity index (χ3v) is 4.65. The van der Waals surface area contributed by atoms with Crippen molar-refractivity contribution in [2.45, 2.75) is 52.8 Å². The normalized spacial score (nSPS) is 11.1. The van der Waals surface area contributed by atoms with Crippen LogP contribution >= 0.6 is 11.6 Å². The largest absolute Gasteiger partial charge is 0.454 e. The van der Waals surface area contributed by atoms with E-state index in [1.54, 1.807) is 4.57 Å². The fourth-order valence-corrected chi connectivity index (χ4v) is 3.23. The van der Waals surface area contributed by atoms with Gasteiger partial charge in [0, 0.05) is 19.3 Å². The quantitative estimate of drug-likeness (QED) is 0.443. The Balaban J connectivity index is 1.99. The van der Waals surface area contributed by atoms with Gasteiger partial charge < -0.3 is 9.30 Å². The molecule has 29 heavy (non-hydrogen) atoms. The molecule has 0 aliphatic heterocycles. The van der Waals surface area contributed by atoms with Gasteiger partial charge in [-0.3, -0.25) is 14.3 Å². The number of esters is 1. The van der Waals surface area contributed by atoms with Crippen molar-refractivity contribution in [2.75, 3.05) is 0 Å². The molecule has 0 aliphatic carbocycles. The van der Waals surface area contributed by atoms with Crippen LogP contribution in [0, 0.1) is 0 Å². The first-order valence-corrected chi connectivity index (χ1v) is 9.85. The van der Waals surface area contributed by atoms with Gasteiger partial charge in [-0.15, -0.1) is 0 Å². The molecular formula is C19H22ClN5O4. The van der Waals surface area contributed by atoms with Crippen LogP contribution in [0.15, 0.2) is 27.9 Å². The van der Waals surface area contributed by atoms with Crippen molar-refractivity contribution >= 4 is 28.7 Å². The van der Waals surface area contributed by atoms with Crippen molar-refractivity contribution in [3.05, 3.63) is 55.7 Å². The number of fused-ring (bicyclic) bond motifs is 1. The summed E-state index contributed by atoms with van der Waals surface area (Å²) >= 11 is 5.81. The highest BCUT2D eigenvalue weighted by Crippen LogP contribution is 2.15. The van der Waals surface area contributed by atoms with E-state index in [0.29, 0.717) is 30.1 Å². The lowest BCUT2D eigenvalue weighted by molar-refractivity contribution is 0.0458. The molecule has 0 radical (unpaired) electrons. The van der Waals surface area contributed by atoms with Crippen molar-refractivity contribution in [1.29, 1.82) is 0 Å². The topological polar surface area (TPSA) is 112 Å². The van der Waals surface area contributed by atoms with Crippen LogP contribution in [0.4, 0.5) is 0 Å². The zero-order valence-corrected chi connectivity index (χ0v) is 17.0. The van der Waals surface area contributed by atoms with E-state index in [9.17, 15) is 14.4 Å². The number of rotatable bonds is 8. The molecule has 0 aliphatic rings. The second kappa shape index (κ2) is 9.04. The highest BCUT2D eigenvalue weighted by Gasteiger charge is 2.19. The average Bonchev–Trinajstić information content (AvgIpc) is 3.05. The Kier molecular flexibility index (Phi) is 6.48. The number of aryl methyl sites for hydroxylation is 2. The van der Waals surface area contributed by atoms with E-state index in [4.69, 9.17) is 16.3 Å². The molecule has 3 aromatic rings. The summed E-state index contributed by atoms with van der Waals surface area (Å²) in [6.07, 6.45) is 3.81. The smallest absolute Gasteiger partial charge is 0.338 e. The predicted octanol–water partition coefficient (Wildman–Crippen LogP) is 2.50. The predicted molar refractivity (Wildman–Crippen MR) is 108 cm³/mol. The van der Waals surface area contributed by atoms with E-state index in [1.165, 1.54) is 22.9 Å². The van der Waals surface area contributed by atoms with Gasteiger partial charge in [-0.2, -0.15) is 0 Å². The van der Waals surface area contributed by atoms with Gasteiger partial charge in [-0.05, 0) is 25.0 Å². The molecule has 3 rings (SSSR count). The number of imidazole rings is 1. The van der Waals surface area contributed by atoms with E-state index >= 15 is 0 Å². The van der Waals surface area contributed by atoms with Crippen LogP contribution < -0.4 is 11.2 Å². The van der Waals surface area contributed by atoms with Crippen LogP contribution in [-0.4, -0.2) is 30.1 Å². The van der Waals surface area contributed by atoms with Crippen molar-refractivity contribution in [3.63, 3.8) is 0 Å². The number of nitrogens with zero attached hydrogens (tertiary/aromatic N) is 4. The summed E-state index contributed by atoms with van der Waals surface area (Å²) in [5.41, 5.74) is -0.121. The Morgan fingerprint density at radius 2 is 2.00 bits per heavy atom. The molecule has 0 saturated carbocycles. The van der Waals surface area contributed by atoms with E-state index in [2.05, 4.69) is 15.0 Å². The molecule has 3 aromatic heterocycles. The highest BCUT2D eigenvalue weighted by atomic mass is 35.5. The maximum Gasteiger partial charge on any atom is 0.338 e. The fraction of sp³-hybridized carbons (Fsp3) is 0.421. The number of aromatic nitrogens is 5. The van der Waals surface area contributed by atoms with Gasteiger partial charge in [0.15, 0.2) is 11.2 Å². The Hall–Kier alpha value is -2.94. The molecule has 10 heteroatoms. The number of unbranched alkanes of at least 4 members (excludes halogenated alkanes) is 1. The molecule has 0 aromatic carbocycles. The molecule has 0 saturated heterocycles. The second-order valence-corrected chi connectivity index (χ2v) is 6.95. The summed E-state index contributed by atoms with van der Waals surface area (Å²) in [4.78, 5) is 47.7. The van der Waals surface area contributed by atoms with E-state index in [0.717, 1.165) is 19.3 Å². The van der Waals surface area contributed by atoms with Crippen molar-refractivity contribution < 1.29 is 9.53 Å². The van der Waals surface area contributed by atoms with Gasteiger partial charge in [-0.1, -0.05) is 31.9 Å². The second-order valence-electron chi connectivity index (χ2n) is 6.56. The van der Waals surface area contributed by atoms with E-state index in [-0.39, 0.29) is 17.3 Å². The van der Waals surface area contributed by atoms with Crippen LogP contribution in [-0.2, 0) is 24.4 Å². The first-order chi connectivity index (χ1) is 14.0. The molecule has 0 spiro atoms. The van der Waals surface area contributed by atoms with Crippen LogP contribution in [0.1, 0.15) is 49.3 Å². The number of carbonyl (C=O) groups is 1. The third kappa shape index (κ3) is 4.40. The number of pyridine rings is 1. The summed E-state index contributed by atoms with van der Waals surface area (Å²) < 4.78 is 8.52. The number of ether oxygens (including phenoxy) is 1. The lowest BCUT2D eigenvalue weighted by Gasteiger charge is -2.08. The molecule has 0 bridgehead atoms. The average molecular weight is 420 g/mol. The summed E-state index contributed by atoms with van der Waals surface area (Å²) in [5.74, 6) is -0.182. The van der Waals surface area contributed by atoms with Crippen LogP contribution in [0.2, 0.25) is 5.15 Å². The Morgan fingerprint density at radius 1 is 1.21 bits per heavy atom. The lowest BCUT2D eigenvalue weighted by atomic mass is 10.3. The minimum Gasteiger partial charge on any atom is -0.454 e. The summed E-state index contributed by atoms with van der Waals surface area (Å²) in [7, 11) is 0. The Bertz CT molecular complexity index is 1150. The molecule has 0 fully saturated rings. The number of halogens is 1. The van der Waals surface area contributed by atoms with Crippen molar-refractivity contribution in [3.8, 4) is 0 Å². The Labute approximate surface area is 171 Å². The van der Waals surface area contributed by atoms with Crippen LogP contribution in [0.3, 0.4) is 0 Å². The number of hydrogen-bond donors (Lipinski definition) is 1. The summed E-state index contributed by atoms with van der Waals surface area (Å²) in [6.45, 7) is 4.77. The van der Waals surface area contributed by atoms with Gasteiger partial charge in [0.1, 0.15) is 17.6 Å². The molecule has 0 amide bonds. The van der Waals surface area contributed by atoms with Crippen molar-refractivity contribution in [1.82, 2.24) is 24.1 Å². The van der Waals surface area contributed by atoms with Gasteiger partial charge in [0.2, 0.25) is 0 Å². The maximum atomic E-state index is 12.5. The number of aromatic amines is 1. The van der Waals surface area contributed by atoms with Gasteiger partial charge in [0.25, 0.3) is 5.56 Å². The summed E-state index contributed by atoms with van der Waals surface area (Å²) in [6, 6.07) is 2.91. The zero-order valence-electron chi connectivity index (χ0n) is 16.3. The molecule has 9 nitrogen and oxygen atoms in total. The number of H-pyrrole nitrogens is 1. The standard InChI is InChI=1S/C19H22ClN5O4/c1-3-5-9-25-16-15(17(26)23-19(25)28)24(8-4-2)14(22-16)11-29-18(27)12-6-7-21-13(20)10-12/h6-7,10H,3-5,8-9,11H2,1-2H3,(H,23,26,28). The molecule has 1 N–H and O–H groups in total.